The van der Waals surface area contributed by atoms with E-state index < -0.39 is 0 Å². The van der Waals surface area contributed by atoms with Gasteiger partial charge in [0, 0.05) is 25.2 Å². The zero-order chi connectivity index (χ0) is 16.6. The molecule has 1 aromatic heterocycles. The fraction of sp³-hybridized carbons (Fsp3) is 0.850. The van der Waals surface area contributed by atoms with Gasteiger partial charge in [-0.3, -0.25) is 4.79 Å². The maximum atomic E-state index is 13.5. The molecule has 5 saturated carbocycles. The van der Waals surface area contributed by atoms with Crippen LogP contribution in [-0.2, 0) is 4.79 Å². The van der Waals surface area contributed by atoms with Crippen LogP contribution in [0.25, 0.3) is 0 Å². The summed E-state index contributed by atoms with van der Waals surface area (Å²) in [6.45, 7) is 1.75. The Morgan fingerprint density at radius 2 is 1.72 bits per heavy atom. The van der Waals surface area contributed by atoms with Gasteiger partial charge in [-0.15, -0.1) is 5.10 Å². The molecule has 0 radical (unpaired) electrons. The van der Waals surface area contributed by atoms with Crippen LogP contribution in [0.2, 0.25) is 0 Å². The zero-order valence-electron chi connectivity index (χ0n) is 14.9. The van der Waals surface area contributed by atoms with Crippen molar-refractivity contribution in [1.82, 2.24) is 19.9 Å². The number of hydrogen-bond acceptors (Lipinski definition) is 3. The molecule has 0 aromatic carbocycles. The molecular formula is C20H28N4O. The van der Waals surface area contributed by atoms with Gasteiger partial charge < -0.3 is 4.90 Å². The topological polar surface area (TPSA) is 51.0 Å². The zero-order valence-corrected chi connectivity index (χ0v) is 14.9. The molecule has 5 nitrogen and oxygen atoms in total. The molecule has 1 aliphatic heterocycles. The molecule has 1 amide bonds. The predicted octanol–water partition coefficient (Wildman–Crippen LogP) is 3.15. The second kappa shape index (κ2) is 5.08. The van der Waals surface area contributed by atoms with Crippen LogP contribution in [-0.4, -0.2) is 38.9 Å². The average Bonchev–Trinajstić information content (AvgIpc) is 3.13. The minimum Gasteiger partial charge on any atom is -0.340 e. The van der Waals surface area contributed by atoms with E-state index in [2.05, 4.69) is 21.4 Å². The van der Waals surface area contributed by atoms with Crippen LogP contribution < -0.4 is 0 Å². The number of hydrogen-bond donors (Lipinski definition) is 0. The predicted molar refractivity (Wildman–Crippen MR) is 92.8 cm³/mol. The number of amides is 1. The highest BCUT2D eigenvalue weighted by Gasteiger charge is 2.56. The standard InChI is InChI=1S/C20H28N4O/c25-19(20-8-13-5-14(9-20)7-15(6-13)10-20)23-4-3-17(11-23)24-12-18(21-22-24)16-1-2-16/h12-17H,1-11H2. The van der Waals surface area contributed by atoms with Gasteiger partial charge in [-0.1, -0.05) is 5.21 Å². The lowest BCUT2D eigenvalue weighted by molar-refractivity contribution is -0.156. The van der Waals surface area contributed by atoms with E-state index in [-0.39, 0.29) is 5.41 Å². The van der Waals surface area contributed by atoms with Crippen LogP contribution in [0.3, 0.4) is 0 Å². The summed E-state index contributed by atoms with van der Waals surface area (Å²) >= 11 is 0. The smallest absolute Gasteiger partial charge is 0.228 e. The monoisotopic (exact) mass is 340 g/mol. The lowest BCUT2D eigenvalue weighted by atomic mass is 9.49. The first kappa shape index (κ1) is 14.7. The molecule has 0 N–H and O–H groups in total. The fourth-order valence-electron chi connectivity index (χ4n) is 6.89. The Hall–Kier alpha value is -1.39. The normalized spacial score (nSPS) is 42.3. The molecule has 5 heteroatoms. The van der Waals surface area contributed by atoms with Crippen LogP contribution >= 0.6 is 0 Å². The van der Waals surface area contributed by atoms with Crippen molar-refractivity contribution in [3.05, 3.63) is 11.9 Å². The van der Waals surface area contributed by atoms with Crippen molar-refractivity contribution in [1.29, 1.82) is 0 Å². The van der Waals surface area contributed by atoms with E-state index in [1.807, 2.05) is 4.68 Å². The van der Waals surface area contributed by atoms with E-state index in [4.69, 9.17) is 0 Å². The first-order valence-corrected chi connectivity index (χ1v) is 10.4. The van der Waals surface area contributed by atoms with Gasteiger partial charge in [0.15, 0.2) is 0 Å². The fourth-order valence-corrected chi connectivity index (χ4v) is 6.89. The minimum absolute atomic E-state index is 0.00514. The van der Waals surface area contributed by atoms with Crippen LogP contribution in [0.1, 0.15) is 75.4 Å². The lowest BCUT2D eigenvalue weighted by Crippen LogP contribution is -2.54. The molecule has 7 rings (SSSR count). The lowest BCUT2D eigenvalue weighted by Gasteiger charge is -2.56. The van der Waals surface area contributed by atoms with E-state index in [9.17, 15) is 4.79 Å². The summed E-state index contributed by atoms with van der Waals surface area (Å²) in [5.41, 5.74) is 1.16. The van der Waals surface area contributed by atoms with Crippen LogP contribution in [0, 0.1) is 23.2 Å². The Balaban J connectivity index is 1.18. The van der Waals surface area contributed by atoms with E-state index in [1.165, 1.54) is 51.4 Å². The molecule has 1 atom stereocenters. The summed E-state index contributed by atoms with van der Waals surface area (Å²) in [7, 11) is 0. The summed E-state index contributed by atoms with van der Waals surface area (Å²) in [5, 5.41) is 8.73. The summed E-state index contributed by atoms with van der Waals surface area (Å²) in [6.07, 6.45) is 13.4. The number of carbonyl (C=O) groups is 1. The van der Waals surface area contributed by atoms with Gasteiger partial charge in [0.1, 0.15) is 0 Å². The molecule has 25 heavy (non-hydrogen) atoms. The molecule has 2 heterocycles. The summed E-state index contributed by atoms with van der Waals surface area (Å²) in [6, 6.07) is 0.331. The van der Waals surface area contributed by atoms with Crippen LogP contribution in [0.15, 0.2) is 6.20 Å². The van der Waals surface area contributed by atoms with Crippen molar-refractivity contribution < 1.29 is 4.79 Å². The van der Waals surface area contributed by atoms with Gasteiger partial charge in [0.25, 0.3) is 0 Å². The molecular weight excluding hydrogens is 312 g/mol. The second-order valence-electron chi connectivity index (χ2n) is 9.79. The second-order valence-corrected chi connectivity index (χ2v) is 9.79. The van der Waals surface area contributed by atoms with E-state index >= 15 is 0 Å². The number of nitrogens with zero attached hydrogens (tertiary/aromatic N) is 4. The van der Waals surface area contributed by atoms with Gasteiger partial charge in [0.2, 0.25) is 5.91 Å². The summed E-state index contributed by atoms with van der Waals surface area (Å²) in [5.74, 6) is 3.65. The average molecular weight is 340 g/mol. The minimum atomic E-state index is 0.00514. The SMILES string of the molecule is O=C(N1CCC(n2cc(C3CC3)nn2)C1)C12CC3CC(CC(C3)C1)C2. The van der Waals surface area contributed by atoms with E-state index in [0.717, 1.165) is 43.0 Å². The molecule has 1 unspecified atom stereocenters. The van der Waals surface area contributed by atoms with Gasteiger partial charge >= 0.3 is 0 Å². The van der Waals surface area contributed by atoms with Crippen molar-refractivity contribution in [3.8, 4) is 0 Å². The Morgan fingerprint density at radius 3 is 2.36 bits per heavy atom. The molecule has 134 valence electrons. The van der Waals surface area contributed by atoms with E-state index in [0.29, 0.717) is 17.9 Å². The quantitative estimate of drug-likeness (QED) is 0.849. The van der Waals surface area contributed by atoms with Crippen molar-refractivity contribution in [2.45, 2.75) is 69.7 Å². The summed E-state index contributed by atoms with van der Waals surface area (Å²) in [4.78, 5) is 15.7. The maximum absolute atomic E-state index is 13.5. The highest BCUT2D eigenvalue weighted by atomic mass is 16.2. The Bertz CT molecular complexity index is 671. The van der Waals surface area contributed by atoms with Gasteiger partial charge in [-0.05, 0) is 75.5 Å². The first-order valence-electron chi connectivity index (χ1n) is 10.4. The third kappa shape index (κ3) is 2.30. The van der Waals surface area contributed by atoms with Gasteiger partial charge in [-0.25, -0.2) is 4.68 Å². The number of rotatable bonds is 3. The van der Waals surface area contributed by atoms with Crippen molar-refractivity contribution in [2.24, 2.45) is 23.2 Å². The number of likely N-dealkylation sites (tertiary alicyclic amines) is 1. The molecule has 0 spiro atoms. The molecule has 6 fully saturated rings. The third-order valence-electron chi connectivity index (χ3n) is 7.84. The number of aromatic nitrogens is 3. The van der Waals surface area contributed by atoms with Crippen molar-refractivity contribution in [2.75, 3.05) is 13.1 Å². The Morgan fingerprint density at radius 1 is 1.04 bits per heavy atom. The van der Waals surface area contributed by atoms with Gasteiger partial charge in [0.05, 0.1) is 17.2 Å². The van der Waals surface area contributed by atoms with Crippen LogP contribution in [0.5, 0.6) is 0 Å². The molecule has 1 aromatic rings. The highest BCUT2D eigenvalue weighted by Crippen LogP contribution is 2.60. The van der Waals surface area contributed by atoms with Crippen LogP contribution in [0.4, 0.5) is 0 Å². The van der Waals surface area contributed by atoms with E-state index in [1.54, 1.807) is 0 Å². The summed E-state index contributed by atoms with van der Waals surface area (Å²) < 4.78 is 2.04. The maximum Gasteiger partial charge on any atom is 0.228 e. The Kier molecular flexibility index (Phi) is 2.99. The largest absolute Gasteiger partial charge is 0.340 e. The molecule has 5 aliphatic carbocycles. The molecule has 1 saturated heterocycles. The highest BCUT2D eigenvalue weighted by molar-refractivity contribution is 5.83. The molecule has 4 bridgehead atoms. The third-order valence-corrected chi connectivity index (χ3v) is 7.84. The van der Waals surface area contributed by atoms with Crippen molar-refractivity contribution in [3.63, 3.8) is 0 Å². The van der Waals surface area contributed by atoms with Gasteiger partial charge in [-0.2, -0.15) is 0 Å². The molecule has 6 aliphatic rings. The Labute approximate surface area is 149 Å². The first-order chi connectivity index (χ1) is 12.2. The van der Waals surface area contributed by atoms with Crippen molar-refractivity contribution >= 4 is 5.91 Å². The number of carbonyl (C=O) groups excluding carboxylic acids is 1.